The van der Waals surface area contributed by atoms with Gasteiger partial charge in [-0.2, -0.15) is 0 Å². The van der Waals surface area contributed by atoms with Crippen LogP contribution in [0.2, 0.25) is 0 Å². The number of hydrogen-bond donors (Lipinski definition) is 2. The van der Waals surface area contributed by atoms with Crippen molar-refractivity contribution in [3.05, 3.63) is 35.4 Å². The molecule has 1 rings (SSSR count). The van der Waals surface area contributed by atoms with Crippen molar-refractivity contribution in [2.45, 2.75) is 46.8 Å². The van der Waals surface area contributed by atoms with Gasteiger partial charge in [0.25, 0.3) is 0 Å². The Bertz CT molecular complexity index is 472. The Morgan fingerprint density at radius 2 is 1.74 bits per heavy atom. The van der Waals surface area contributed by atoms with E-state index < -0.39 is 0 Å². The summed E-state index contributed by atoms with van der Waals surface area (Å²) in [4.78, 5) is 6.94. The van der Waals surface area contributed by atoms with Crippen LogP contribution in [0.25, 0.3) is 0 Å². The number of halogens is 1. The predicted molar refractivity (Wildman–Crippen MR) is 111 cm³/mol. The van der Waals surface area contributed by atoms with Gasteiger partial charge >= 0.3 is 0 Å². The average molecular weight is 432 g/mol. The summed E-state index contributed by atoms with van der Waals surface area (Å²) in [5.41, 5.74) is 2.62. The largest absolute Gasteiger partial charge is 0.357 e. The first-order valence-corrected chi connectivity index (χ1v) is 8.20. The zero-order chi connectivity index (χ0) is 16.5. The van der Waals surface area contributed by atoms with Gasteiger partial charge in [-0.1, -0.05) is 38.1 Å². The highest BCUT2D eigenvalue weighted by molar-refractivity contribution is 14.0. The summed E-state index contributed by atoms with van der Waals surface area (Å²) in [5, 5.41) is 6.80. The lowest BCUT2D eigenvalue weighted by molar-refractivity contribution is 0.401. The Morgan fingerprint density at radius 1 is 1.13 bits per heavy atom. The molecular formula is C18H33IN4. The highest BCUT2D eigenvalue weighted by Crippen LogP contribution is 2.12. The highest BCUT2D eigenvalue weighted by atomic mass is 127. The normalized spacial score (nSPS) is 13.0. The van der Waals surface area contributed by atoms with Crippen LogP contribution in [0.5, 0.6) is 0 Å². The molecule has 132 valence electrons. The van der Waals surface area contributed by atoms with Gasteiger partial charge in [0, 0.05) is 19.1 Å². The lowest BCUT2D eigenvalue weighted by Gasteiger charge is -2.21. The van der Waals surface area contributed by atoms with Crippen molar-refractivity contribution in [3.63, 3.8) is 0 Å². The number of guanidine groups is 1. The zero-order valence-corrected chi connectivity index (χ0v) is 17.7. The maximum atomic E-state index is 4.75. The molecule has 0 fully saturated rings. The van der Waals surface area contributed by atoms with E-state index in [0.29, 0.717) is 18.5 Å². The number of benzene rings is 1. The van der Waals surface area contributed by atoms with Crippen LogP contribution in [-0.2, 0) is 13.1 Å². The lowest BCUT2D eigenvalue weighted by Crippen LogP contribution is -2.44. The van der Waals surface area contributed by atoms with Crippen LogP contribution >= 0.6 is 24.0 Å². The fourth-order valence-electron chi connectivity index (χ4n) is 2.07. The summed E-state index contributed by atoms with van der Waals surface area (Å²) in [6, 6.07) is 8.92. The summed E-state index contributed by atoms with van der Waals surface area (Å²) in [6.07, 6.45) is 0. The molecular weight excluding hydrogens is 399 g/mol. The molecule has 0 heterocycles. The van der Waals surface area contributed by atoms with Crippen LogP contribution in [-0.4, -0.2) is 37.5 Å². The molecule has 0 aliphatic rings. The molecule has 4 nitrogen and oxygen atoms in total. The molecule has 0 radical (unpaired) electrons. The van der Waals surface area contributed by atoms with Gasteiger partial charge in [-0.05, 0) is 45.0 Å². The number of rotatable bonds is 7. The minimum atomic E-state index is 0. The van der Waals surface area contributed by atoms with Gasteiger partial charge in [-0.15, -0.1) is 24.0 Å². The van der Waals surface area contributed by atoms with Crippen molar-refractivity contribution in [3.8, 4) is 0 Å². The van der Waals surface area contributed by atoms with Gasteiger partial charge in [0.15, 0.2) is 5.96 Å². The molecule has 1 aromatic rings. The minimum absolute atomic E-state index is 0. The SMILES string of the molecule is CCNC(=NCc1ccccc1CN(C)C)NC(C)C(C)C.I. The van der Waals surface area contributed by atoms with Crippen molar-refractivity contribution in [1.29, 1.82) is 0 Å². The fourth-order valence-corrected chi connectivity index (χ4v) is 2.07. The third kappa shape index (κ3) is 8.55. The van der Waals surface area contributed by atoms with Crippen LogP contribution < -0.4 is 10.6 Å². The molecule has 1 unspecified atom stereocenters. The Balaban J connectivity index is 0.00000484. The Hall–Kier alpha value is -0.820. The molecule has 0 aliphatic heterocycles. The van der Waals surface area contributed by atoms with Crippen LogP contribution in [0.3, 0.4) is 0 Å². The molecule has 5 heteroatoms. The Morgan fingerprint density at radius 3 is 2.26 bits per heavy atom. The first-order chi connectivity index (χ1) is 10.4. The topological polar surface area (TPSA) is 39.7 Å². The monoisotopic (exact) mass is 432 g/mol. The summed E-state index contributed by atoms with van der Waals surface area (Å²) in [6.45, 7) is 11.2. The standard InChI is InChI=1S/C18H32N4.HI/c1-7-19-18(21-15(4)14(2)3)20-12-16-10-8-9-11-17(16)13-22(5)6;/h8-11,14-15H,7,12-13H2,1-6H3,(H2,19,20,21);1H. The molecule has 0 aliphatic carbocycles. The van der Waals surface area contributed by atoms with Crippen molar-refractivity contribution >= 4 is 29.9 Å². The molecule has 0 saturated carbocycles. The maximum Gasteiger partial charge on any atom is 0.191 e. The van der Waals surface area contributed by atoms with Gasteiger partial charge in [0.1, 0.15) is 0 Å². The number of nitrogens with zero attached hydrogens (tertiary/aromatic N) is 2. The maximum absolute atomic E-state index is 4.75. The molecule has 1 atom stereocenters. The van der Waals surface area contributed by atoms with Crippen molar-refractivity contribution < 1.29 is 0 Å². The van der Waals surface area contributed by atoms with Crippen LogP contribution in [0, 0.1) is 5.92 Å². The molecule has 2 N–H and O–H groups in total. The minimum Gasteiger partial charge on any atom is -0.357 e. The quantitative estimate of drug-likeness (QED) is 0.394. The second-order valence-electron chi connectivity index (χ2n) is 6.38. The molecule has 0 amide bonds. The van der Waals surface area contributed by atoms with Crippen molar-refractivity contribution in [2.24, 2.45) is 10.9 Å². The van der Waals surface area contributed by atoms with E-state index >= 15 is 0 Å². The van der Waals surface area contributed by atoms with E-state index in [1.807, 2.05) is 0 Å². The van der Waals surface area contributed by atoms with E-state index in [-0.39, 0.29) is 24.0 Å². The number of aliphatic imine (C=N–C) groups is 1. The summed E-state index contributed by atoms with van der Waals surface area (Å²) < 4.78 is 0. The molecule has 0 spiro atoms. The molecule has 1 aromatic carbocycles. The first-order valence-electron chi connectivity index (χ1n) is 8.20. The fraction of sp³-hybridized carbons (Fsp3) is 0.611. The van der Waals surface area contributed by atoms with E-state index in [0.717, 1.165) is 19.0 Å². The van der Waals surface area contributed by atoms with E-state index in [1.54, 1.807) is 0 Å². The molecule has 0 saturated heterocycles. The highest BCUT2D eigenvalue weighted by Gasteiger charge is 2.09. The van der Waals surface area contributed by atoms with Gasteiger partial charge in [-0.25, -0.2) is 4.99 Å². The summed E-state index contributed by atoms with van der Waals surface area (Å²) in [7, 11) is 4.19. The van der Waals surface area contributed by atoms with Gasteiger partial charge < -0.3 is 15.5 Å². The second-order valence-corrected chi connectivity index (χ2v) is 6.38. The van der Waals surface area contributed by atoms with Crippen molar-refractivity contribution in [1.82, 2.24) is 15.5 Å². The summed E-state index contributed by atoms with van der Waals surface area (Å²) in [5.74, 6) is 1.47. The van der Waals surface area contributed by atoms with Crippen molar-refractivity contribution in [2.75, 3.05) is 20.6 Å². The Labute approximate surface area is 159 Å². The predicted octanol–water partition coefficient (Wildman–Crippen LogP) is 3.47. The van der Waals surface area contributed by atoms with Crippen LogP contribution in [0.15, 0.2) is 29.3 Å². The number of nitrogens with one attached hydrogen (secondary N) is 2. The summed E-state index contributed by atoms with van der Waals surface area (Å²) >= 11 is 0. The smallest absolute Gasteiger partial charge is 0.191 e. The lowest BCUT2D eigenvalue weighted by atomic mass is 10.1. The van der Waals surface area contributed by atoms with Crippen LogP contribution in [0.1, 0.15) is 38.8 Å². The van der Waals surface area contributed by atoms with E-state index in [2.05, 4.69) is 81.6 Å². The molecule has 0 aromatic heterocycles. The molecule has 0 bridgehead atoms. The zero-order valence-electron chi connectivity index (χ0n) is 15.4. The second kappa shape index (κ2) is 11.7. The van der Waals surface area contributed by atoms with Gasteiger partial charge in [0.05, 0.1) is 6.54 Å². The van der Waals surface area contributed by atoms with Gasteiger partial charge in [-0.3, -0.25) is 0 Å². The first kappa shape index (κ1) is 22.2. The van der Waals surface area contributed by atoms with Crippen LogP contribution in [0.4, 0.5) is 0 Å². The third-order valence-corrected chi connectivity index (χ3v) is 3.72. The van der Waals surface area contributed by atoms with Gasteiger partial charge in [0.2, 0.25) is 0 Å². The van der Waals surface area contributed by atoms with E-state index in [4.69, 9.17) is 4.99 Å². The Kier molecular flexibility index (Phi) is 11.3. The number of hydrogen-bond acceptors (Lipinski definition) is 2. The molecule has 23 heavy (non-hydrogen) atoms. The average Bonchev–Trinajstić information content (AvgIpc) is 2.45. The van der Waals surface area contributed by atoms with E-state index in [1.165, 1.54) is 11.1 Å². The van der Waals surface area contributed by atoms with E-state index in [9.17, 15) is 0 Å². The third-order valence-electron chi connectivity index (χ3n) is 3.72.